The van der Waals surface area contributed by atoms with Crippen molar-refractivity contribution >= 4 is 35.8 Å². The van der Waals surface area contributed by atoms with E-state index >= 15 is 0 Å². The lowest BCUT2D eigenvalue weighted by Crippen LogP contribution is -2.63. The van der Waals surface area contributed by atoms with Gasteiger partial charge in [-0.3, -0.25) is 0 Å². The Hall–Kier alpha value is -8.02. The van der Waals surface area contributed by atoms with E-state index in [4.69, 9.17) is 42.6 Å². The average Bonchev–Trinajstić information content (AvgIpc) is 3.40. The number of aliphatic hydroxyl groups excluding tert-OH is 1. The van der Waals surface area contributed by atoms with Gasteiger partial charge >= 0.3 is 35.8 Å². The molecular weight excluding hydrogens is 893 g/mol. The largest absolute Gasteiger partial charge is 0.452 e. The molecule has 352 valence electrons. The Bertz CT molecular complexity index is 2670. The molecule has 2 saturated heterocycles. The molecule has 69 heavy (non-hydrogen) atoms. The summed E-state index contributed by atoms with van der Waals surface area (Å²) in [5, 5.41) is 11.7. The van der Waals surface area contributed by atoms with Crippen LogP contribution in [-0.4, -0.2) is 109 Å². The Morgan fingerprint density at radius 2 is 0.696 bits per heavy atom. The van der Waals surface area contributed by atoms with Gasteiger partial charge in [-0.2, -0.15) is 0 Å². The van der Waals surface area contributed by atoms with Crippen LogP contribution in [-0.2, 0) is 42.6 Å². The molecule has 2 heterocycles. The second kappa shape index (κ2) is 22.6. The fourth-order valence-corrected chi connectivity index (χ4v) is 7.49. The van der Waals surface area contributed by atoms with Gasteiger partial charge in [0.25, 0.3) is 0 Å². The van der Waals surface area contributed by atoms with E-state index in [0.717, 1.165) is 0 Å². The number of esters is 6. The van der Waals surface area contributed by atoms with Gasteiger partial charge in [0.15, 0.2) is 49.2 Å². The van der Waals surface area contributed by atoms with E-state index < -0.39 is 104 Å². The van der Waals surface area contributed by atoms with E-state index in [9.17, 15) is 33.9 Å². The summed E-state index contributed by atoms with van der Waals surface area (Å²) in [7, 11) is 0. The van der Waals surface area contributed by atoms with Crippen LogP contribution in [0.2, 0.25) is 0 Å². The molecule has 6 aromatic rings. The maximum absolute atomic E-state index is 13.9. The van der Waals surface area contributed by atoms with E-state index in [-0.39, 0.29) is 33.4 Å². The van der Waals surface area contributed by atoms with Crippen LogP contribution in [0.3, 0.4) is 0 Å². The van der Waals surface area contributed by atoms with Gasteiger partial charge in [-0.15, -0.1) is 0 Å². The third-order valence-electron chi connectivity index (χ3n) is 10.9. The number of ether oxygens (including phenoxy) is 9. The quantitative estimate of drug-likeness (QED) is 0.0870. The minimum absolute atomic E-state index is 0.0739. The maximum Gasteiger partial charge on any atom is 0.338 e. The molecule has 16 heteroatoms. The van der Waals surface area contributed by atoms with Crippen LogP contribution in [0, 0.1) is 0 Å². The summed E-state index contributed by atoms with van der Waals surface area (Å²) in [6, 6.07) is 47.2. The Morgan fingerprint density at radius 3 is 1.07 bits per heavy atom. The fraction of sp³-hybridized carbons (Fsp3) is 0.208. The van der Waals surface area contributed by atoms with Gasteiger partial charge in [-0.25, -0.2) is 28.8 Å². The van der Waals surface area contributed by atoms with Gasteiger partial charge in [-0.1, -0.05) is 109 Å². The molecule has 1 N–H and O–H groups in total. The molecule has 2 fully saturated rings. The van der Waals surface area contributed by atoms with E-state index in [0.29, 0.717) is 0 Å². The predicted molar refractivity (Wildman–Crippen MR) is 240 cm³/mol. The number of rotatable bonds is 15. The molecule has 0 unspecified atom stereocenters. The highest BCUT2D eigenvalue weighted by molar-refractivity contribution is 5.92. The van der Waals surface area contributed by atoms with Crippen molar-refractivity contribution in [1.82, 2.24) is 0 Å². The molecule has 0 saturated carbocycles. The molecule has 0 bridgehead atoms. The Kier molecular flexibility index (Phi) is 15.6. The van der Waals surface area contributed by atoms with Crippen molar-refractivity contribution < 1.29 is 76.5 Å². The molecule has 0 spiro atoms. The first-order chi connectivity index (χ1) is 33.6. The minimum Gasteiger partial charge on any atom is -0.452 e. The van der Waals surface area contributed by atoms with Crippen molar-refractivity contribution in [3.05, 3.63) is 215 Å². The third kappa shape index (κ3) is 11.9. The molecule has 0 amide bonds. The zero-order valence-electron chi connectivity index (χ0n) is 36.5. The fourth-order valence-electron chi connectivity index (χ4n) is 7.49. The van der Waals surface area contributed by atoms with Crippen LogP contribution in [0.1, 0.15) is 62.1 Å². The molecule has 0 aromatic heterocycles. The van der Waals surface area contributed by atoms with Crippen molar-refractivity contribution in [2.45, 2.75) is 55.3 Å². The number of aliphatic hydroxyl groups is 1. The van der Waals surface area contributed by atoms with Crippen LogP contribution in [0.4, 0.5) is 0 Å². The number of hydrogen-bond donors (Lipinski definition) is 1. The molecular formula is C53H44O16. The first-order valence-corrected chi connectivity index (χ1v) is 21.8. The second-order valence-electron chi connectivity index (χ2n) is 15.6. The monoisotopic (exact) mass is 936 g/mol. The van der Waals surface area contributed by atoms with E-state index in [1.54, 1.807) is 109 Å². The van der Waals surface area contributed by atoms with Crippen LogP contribution < -0.4 is 0 Å². The lowest BCUT2D eigenvalue weighted by molar-refractivity contribution is -0.310. The molecule has 2 aliphatic rings. The lowest BCUT2D eigenvalue weighted by Gasteiger charge is -2.44. The standard InChI is InChI=1S/C53H44O16/c54-46(33-19-7-1-8-20-33)63-40-32-62-53(45(69-51(59)38-29-17-6-18-30-38)42(40)66-48(56)35-23-11-3-12-24-35)61-31-39-41(65-47(55)34-21-9-2-10-22-34)43(67-49(57)36-25-13-4-14-26-36)44(52(60)64-39)68-50(58)37-27-15-5-16-28-37/h1-30,39-45,52-53,60H,31-32H2/t39-,40-,41-,42+,43+,44-,45-,52-,53-/m1/s1. The van der Waals surface area contributed by atoms with Crippen molar-refractivity contribution in [3.63, 3.8) is 0 Å². The molecule has 0 aliphatic carbocycles. The highest BCUT2D eigenvalue weighted by Gasteiger charge is 2.54. The molecule has 16 nitrogen and oxygen atoms in total. The number of carbonyl (C=O) groups excluding carboxylic acids is 6. The zero-order valence-corrected chi connectivity index (χ0v) is 36.5. The lowest BCUT2D eigenvalue weighted by atomic mass is 9.97. The number of hydrogen-bond acceptors (Lipinski definition) is 16. The summed E-state index contributed by atoms with van der Waals surface area (Å²) >= 11 is 0. The van der Waals surface area contributed by atoms with Crippen LogP contribution in [0.15, 0.2) is 182 Å². The van der Waals surface area contributed by atoms with Crippen molar-refractivity contribution in [1.29, 1.82) is 0 Å². The SMILES string of the molecule is O=C(O[C@@H]1[C@@H](OC(=O)c2ccccc2)[C@H](O)O[C@H](CO[C@@H]2OC[C@@H](OC(=O)c3ccccc3)[C@H](OC(=O)c3ccccc3)[C@H]2OC(=O)c2ccccc2)[C@H]1OC(=O)c1ccccc1)c1ccccc1. The van der Waals surface area contributed by atoms with Gasteiger partial charge in [0.2, 0.25) is 0 Å². The Balaban J connectivity index is 1.14. The zero-order chi connectivity index (χ0) is 48.1. The number of benzene rings is 6. The summed E-state index contributed by atoms with van der Waals surface area (Å²) in [6.07, 6.45) is -15.1. The summed E-state index contributed by atoms with van der Waals surface area (Å²) in [4.78, 5) is 82.4. The van der Waals surface area contributed by atoms with Gasteiger partial charge < -0.3 is 47.7 Å². The van der Waals surface area contributed by atoms with Crippen molar-refractivity contribution in [2.75, 3.05) is 13.2 Å². The smallest absolute Gasteiger partial charge is 0.338 e. The highest BCUT2D eigenvalue weighted by Crippen LogP contribution is 2.33. The van der Waals surface area contributed by atoms with Gasteiger partial charge in [0, 0.05) is 0 Å². The average molecular weight is 937 g/mol. The first kappa shape index (κ1) is 47.5. The van der Waals surface area contributed by atoms with E-state index in [1.165, 1.54) is 72.8 Å². The van der Waals surface area contributed by atoms with Crippen molar-refractivity contribution in [3.8, 4) is 0 Å². The third-order valence-corrected chi connectivity index (χ3v) is 10.9. The van der Waals surface area contributed by atoms with Crippen LogP contribution >= 0.6 is 0 Å². The second-order valence-corrected chi connectivity index (χ2v) is 15.6. The van der Waals surface area contributed by atoms with Gasteiger partial charge in [0.05, 0.1) is 46.6 Å². The Morgan fingerprint density at radius 1 is 0.391 bits per heavy atom. The molecule has 2 aliphatic heterocycles. The summed E-state index contributed by atoms with van der Waals surface area (Å²) < 4.78 is 54.2. The van der Waals surface area contributed by atoms with Gasteiger partial charge in [-0.05, 0) is 72.8 Å². The van der Waals surface area contributed by atoms with Crippen LogP contribution in [0.5, 0.6) is 0 Å². The molecule has 0 radical (unpaired) electrons. The number of carbonyl (C=O) groups is 6. The van der Waals surface area contributed by atoms with E-state index in [2.05, 4.69) is 0 Å². The normalized spacial score (nSPS) is 23.0. The minimum atomic E-state index is -2.04. The Labute approximate surface area is 395 Å². The van der Waals surface area contributed by atoms with Gasteiger partial charge in [0.1, 0.15) is 6.10 Å². The maximum atomic E-state index is 13.9. The summed E-state index contributed by atoms with van der Waals surface area (Å²) in [5.74, 6) is -5.34. The predicted octanol–water partition coefficient (Wildman–Crippen LogP) is 6.43. The molecule has 6 aromatic carbocycles. The topological polar surface area (TPSA) is 206 Å². The van der Waals surface area contributed by atoms with Crippen LogP contribution in [0.25, 0.3) is 0 Å². The first-order valence-electron chi connectivity index (χ1n) is 21.8. The summed E-state index contributed by atoms with van der Waals surface area (Å²) in [5.41, 5.74) is 0.623. The van der Waals surface area contributed by atoms with Crippen molar-refractivity contribution in [2.24, 2.45) is 0 Å². The van der Waals surface area contributed by atoms with E-state index in [1.807, 2.05) is 0 Å². The molecule has 8 rings (SSSR count). The summed E-state index contributed by atoms with van der Waals surface area (Å²) in [6.45, 7) is -1.15. The highest BCUT2D eigenvalue weighted by atomic mass is 16.7. The molecule has 9 atom stereocenters.